The molecular formula is C20H21N5O3. The number of phenolic OH excluding ortho intramolecular Hbond substituents is 1. The Hall–Kier alpha value is -3.42. The molecule has 1 aliphatic rings. The van der Waals surface area contributed by atoms with Gasteiger partial charge in [0.2, 0.25) is 5.91 Å². The molecule has 1 atom stereocenters. The van der Waals surface area contributed by atoms with Crippen LogP contribution in [0.3, 0.4) is 0 Å². The second kappa shape index (κ2) is 6.63. The molecule has 1 amide bonds. The third kappa shape index (κ3) is 2.96. The number of amides is 1. The first kappa shape index (κ1) is 18.0. The SMILES string of the molecule is COc1cc(O)ccc1[C@@H]1CC(=O)Nc2c1c(C)nn2-c1nc(C)cc(C)n1. The molecule has 4 rings (SSSR count). The molecule has 28 heavy (non-hydrogen) atoms. The third-order valence-electron chi connectivity index (χ3n) is 4.85. The van der Waals surface area contributed by atoms with Crippen LogP contribution in [0.15, 0.2) is 24.3 Å². The summed E-state index contributed by atoms with van der Waals surface area (Å²) in [5, 5.41) is 17.3. The number of benzene rings is 1. The average molecular weight is 379 g/mol. The maximum absolute atomic E-state index is 12.5. The molecule has 0 saturated carbocycles. The fourth-order valence-electron chi connectivity index (χ4n) is 3.75. The molecule has 144 valence electrons. The number of methoxy groups -OCH3 is 1. The van der Waals surface area contributed by atoms with Crippen LogP contribution in [0.5, 0.6) is 11.5 Å². The van der Waals surface area contributed by atoms with Crippen molar-refractivity contribution < 1.29 is 14.6 Å². The maximum atomic E-state index is 12.5. The predicted octanol–water partition coefficient (Wildman–Crippen LogP) is 2.78. The van der Waals surface area contributed by atoms with E-state index in [0.29, 0.717) is 17.5 Å². The van der Waals surface area contributed by atoms with Crippen molar-refractivity contribution in [3.63, 3.8) is 0 Å². The summed E-state index contributed by atoms with van der Waals surface area (Å²) in [6.45, 7) is 5.68. The molecule has 3 aromatic rings. The van der Waals surface area contributed by atoms with Crippen LogP contribution in [0, 0.1) is 20.8 Å². The average Bonchev–Trinajstić information content (AvgIpc) is 2.96. The second-order valence-electron chi connectivity index (χ2n) is 6.94. The normalized spacial score (nSPS) is 15.9. The summed E-state index contributed by atoms with van der Waals surface area (Å²) in [7, 11) is 1.54. The van der Waals surface area contributed by atoms with Gasteiger partial charge in [0.1, 0.15) is 17.3 Å². The highest BCUT2D eigenvalue weighted by molar-refractivity contribution is 5.95. The predicted molar refractivity (Wildman–Crippen MR) is 103 cm³/mol. The number of carbonyl (C=O) groups excluding carboxylic acids is 1. The van der Waals surface area contributed by atoms with Crippen molar-refractivity contribution in [2.45, 2.75) is 33.1 Å². The smallest absolute Gasteiger partial charge is 0.252 e. The fourth-order valence-corrected chi connectivity index (χ4v) is 3.75. The van der Waals surface area contributed by atoms with E-state index in [0.717, 1.165) is 28.2 Å². The Balaban J connectivity index is 1.91. The maximum Gasteiger partial charge on any atom is 0.252 e. The van der Waals surface area contributed by atoms with Gasteiger partial charge in [-0.2, -0.15) is 9.78 Å². The molecule has 3 heterocycles. The highest BCUT2D eigenvalue weighted by atomic mass is 16.5. The Morgan fingerprint density at radius 2 is 1.89 bits per heavy atom. The van der Waals surface area contributed by atoms with Crippen molar-refractivity contribution in [2.75, 3.05) is 12.4 Å². The lowest BCUT2D eigenvalue weighted by atomic mass is 9.85. The van der Waals surface area contributed by atoms with E-state index in [2.05, 4.69) is 20.4 Å². The van der Waals surface area contributed by atoms with Gasteiger partial charge in [-0.25, -0.2) is 9.97 Å². The van der Waals surface area contributed by atoms with E-state index in [4.69, 9.17) is 4.74 Å². The molecule has 8 nitrogen and oxygen atoms in total. The topological polar surface area (TPSA) is 102 Å². The Bertz CT molecular complexity index is 1070. The summed E-state index contributed by atoms with van der Waals surface area (Å²) in [5.74, 6) is 1.24. The minimum absolute atomic E-state index is 0.108. The number of anilines is 1. The molecule has 0 fully saturated rings. The number of phenols is 1. The lowest BCUT2D eigenvalue weighted by Gasteiger charge is -2.25. The van der Waals surface area contributed by atoms with Gasteiger partial charge in [0.25, 0.3) is 5.95 Å². The summed E-state index contributed by atoms with van der Waals surface area (Å²) in [5.41, 5.74) is 4.14. The summed E-state index contributed by atoms with van der Waals surface area (Å²) >= 11 is 0. The lowest BCUT2D eigenvalue weighted by molar-refractivity contribution is -0.116. The monoisotopic (exact) mass is 379 g/mol. The van der Waals surface area contributed by atoms with Crippen LogP contribution >= 0.6 is 0 Å². The minimum atomic E-state index is -0.251. The van der Waals surface area contributed by atoms with E-state index in [1.807, 2.05) is 26.8 Å². The molecule has 0 radical (unpaired) electrons. The van der Waals surface area contributed by atoms with Crippen LogP contribution in [-0.2, 0) is 4.79 Å². The van der Waals surface area contributed by atoms with Crippen LogP contribution in [0.25, 0.3) is 5.95 Å². The highest BCUT2D eigenvalue weighted by Gasteiger charge is 2.34. The Morgan fingerprint density at radius 3 is 2.57 bits per heavy atom. The third-order valence-corrected chi connectivity index (χ3v) is 4.85. The van der Waals surface area contributed by atoms with Crippen LogP contribution in [0.2, 0.25) is 0 Å². The molecule has 0 spiro atoms. The highest BCUT2D eigenvalue weighted by Crippen LogP contribution is 2.43. The number of hydrogen-bond donors (Lipinski definition) is 2. The zero-order valence-corrected chi connectivity index (χ0v) is 16.1. The number of nitrogens with zero attached hydrogens (tertiary/aromatic N) is 4. The number of aromatic hydroxyl groups is 1. The molecule has 1 aromatic carbocycles. The second-order valence-corrected chi connectivity index (χ2v) is 6.94. The number of carbonyl (C=O) groups is 1. The van der Waals surface area contributed by atoms with Crippen molar-refractivity contribution in [2.24, 2.45) is 0 Å². The fraction of sp³-hybridized carbons (Fsp3) is 0.300. The van der Waals surface area contributed by atoms with Crippen LogP contribution in [0.4, 0.5) is 5.82 Å². The Morgan fingerprint density at radius 1 is 1.18 bits per heavy atom. The van der Waals surface area contributed by atoms with E-state index in [-0.39, 0.29) is 24.0 Å². The van der Waals surface area contributed by atoms with E-state index >= 15 is 0 Å². The van der Waals surface area contributed by atoms with E-state index < -0.39 is 0 Å². The molecule has 0 unspecified atom stereocenters. The van der Waals surface area contributed by atoms with Crippen molar-refractivity contribution >= 4 is 11.7 Å². The van der Waals surface area contributed by atoms with Crippen molar-refractivity contribution in [3.05, 3.63) is 52.5 Å². The van der Waals surface area contributed by atoms with Gasteiger partial charge in [0.15, 0.2) is 0 Å². The van der Waals surface area contributed by atoms with Gasteiger partial charge < -0.3 is 15.2 Å². The summed E-state index contributed by atoms with van der Waals surface area (Å²) in [6, 6.07) is 6.81. The zero-order chi connectivity index (χ0) is 20.0. The van der Waals surface area contributed by atoms with Gasteiger partial charge in [0, 0.05) is 40.9 Å². The number of nitrogens with one attached hydrogen (secondary N) is 1. The number of aromatic nitrogens is 4. The van der Waals surface area contributed by atoms with Crippen molar-refractivity contribution in [3.8, 4) is 17.4 Å². The molecule has 0 aliphatic carbocycles. The van der Waals surface area contributed by atoms with Gasteiger partial charge in [-0.15, -0.1) is 0 Å². The van der Waals surface area contributed by atoms with Gasteiger partial charge in [-0.3, -0.25) is 4.79 Å². The molecule has 0 saturated heterocycles. The molecule has 2 N–H and O–H groups in total. The standard InChI is InChI=1S/C20H21N5O3/c1-10-7-11(2)22-20(21-10)25-19-18(12(3)24-25)15(9-17(27)23-19)14-6-5-13(26)8-16(14)28-4/h5-8,15,26H,9H2,1-4H3,(H,23,27)/t15-/m0/s1. The summed E-state index contributed by atoms with van der Waals surface area (Å²) < 4.78 is 7.03. The van der Waals surface area contributed by atoms with Crippen LogP contribution in [-0.4, -0.2) is 37.9 Å². The van der Waals surface area contributed by atoms with Crippen molar-refractivity contribution in [1.29, 1.82) is 0 Å². The van der Waals surface area contributed by atoms with Crippen molar-refractivity contribution in [1.82, 2.24) is 19.7 Å². The minimum Gasteiger partial charge on any atom is -0.508 e. The molecular weight excluding hydrogens is 358 g/mol. The van der Waals surface area contributed by atoms with Gasteiger partial charge >= 0.3 is 0 Å². The first-order chi connectivity index (χ1) is 13.4. The number of ether oxygens (including phenoxy) is 1. The van der Waals surface area contributed by atoms with Gasteiger partial charge in [0.05, 0.1) is 12.8 Å². The Labute approximate surface area is 162 Å². The first-order valence-electron chi connectivity index (χ1n) is 8.96. The number of rotatable bonds is 3. The van der Waals surface area contributed by atoms with Gasteiger partial charge in [-0.05, 0) is 32.9 Å². The first-order valence-corrected chi connectivity index (χ1v) is 8.96. The molecule has 1 aliphatic heterocycles. The quantitative estimate of drug-likeness (QED) is 0.725. The summed E-state index contributed by atoms with van der Waals surface area (Å²) in [6.07, 6.45) is 0.258. The van der Waals surface area contributed by atoms with Crippen LogP contribution in [0.1, 0.15) is 40.5 Å². The molecule has 2 aromatic heterocycles. The van der Waals surface area contributed by atoms with E-state index in [1.165, 1.54) is 0 Å². The Kier molecular flexibility index (Phi) is 4.26. The summed E-state index contributed by atoms with van der Waals surface area (Å²) in [4.78, 5) is 21.5. The molecule has 8 heteroatoms. The number of hydrogen-bond acceptors (Lipinski definition) is 6. The number of fused-ring (bicyclic) bond motifs is 1. The zero-order valence-electron chi connectivity index (χ0n) is 16.1. The van der Waals surface area contributed by atoms with E-state index in [1.54, 1.807) is 30.0 Å². The lowest BCUT2D eigenvalue weighted by Crippen LogP contribution is -2.25. The molecule has 0 bridgehead atoms. The largest absolute Gasteiger partial charge is 0.508 e. The van der Waals surface area contributed by atoms with Crippen LogP contribution < -0.4 is 10.1 Å². The van der Waals surface area contributed by atoms with E-state index in [9.17, 15) is 9.90 Å². The number of aryl methyl sites for hydroxylation is 3. The van der Waals surface area contributed by atoms with Gasteiger partial charge in [-0.1, -0.05) is 6.07 Å².